The Balaban J connectivity index is 1.66. The third kappa shape index (κ3) is 8.20. The molecule has 1 aliphatic heterocycles. The van der Waals surface area contributed by atoms with Crippen molar-refractivity contribution in [2.45, 2.75) is 43.5 Å². The van der Waals surface area contributed by atoms with Gasteiger partial charge in [0.05, 0.1) is 24.1 Å². The van der Waals surface area contributed by atoms with E-state index in [1.807, 2.05) is 30.3 Å². The molecule has 0 bridgehead atoms. The predicted molar refractivity (Wildman–Crippen MR) is 164 cm³/mol. The summed E-state index contributed by atoms with van der Waals surface area (Å²) in [7, 11) is -2.44. The van der Waals surface area contributed by atoms with E-state index in [2.05, 4.69) is 21.9 Å². The maximum Gasteiger partial charge on any atom is 0.252 e. The number of nitrogens with zero attached hydrogens (tertiary/aromatic N) is 1. The molecule has 1 saturated heterocycles. The van der Waals surface area contributed by atoms with Crippen molar-refractivity contribution in [3.05, 3.63) is 101 Å². The highest BCUT2D eigenvalue weighted by Crippen LogP contribution is 2.23. The van der Waals surface area contributed by atoms with Crippen LogP contribution in [0, 0.1) is 18.2 Å². The molecule has 4 atom stereocenters. The van der Waals surface area contributed by atoms with Crippen molar-refractivity contribution in [3.63, 3.8) is 0 Å². The Morgan fingerprint density at radius 1 is 1.07 bits per heavy atom. The van der Waals surface area contributed by atoms with Crippen molar-refractivity contribution in [3.8, 4) is 12.3 Å². The van der Waals surface area contributed by atoms with E-state index >= 15 is 0 Å². The molecular formula is C32H35FN4O5S. The van der Waals surface area contributed by atoms with E-state index < -0.39 is 45.8 Å². The first-order valence-corrected chi connectivity index (χ1v) is 15.7. The van der Waals surface area contributed by atoms with Crippen molar-refractivity contribution in [2.75, 3.05) is 24.2 Å². The molecule has 0 spiro atoms. The molecular weight excluding hydrogens is 571 g/mol. The van der Waals surface area contributed by atoms with Gasteiger partial charge in [-0.25, -0.2) is 12.8 Å². The molecule has 4 rings (SSSR count). The van der Waals surface area contributed by atoms with Gasteiger partial charge in [-0.3, -0.25) is 13.9 Å². The minimum Gasteiger partial charge on any atom is -0.389 e. The van der Waals surface area contributed by atoms with Crippen molar-refractivity contribution in [1.29, 1.82) is 0 Å². The third-order valence-corrected chi connectivity index (χ3v) is 8.69. The second-order valence-corrected chi connectivity index (χ2v) is 12.6. The molecule has 43 heavy (non-hydrogen) atoms. The van der Waals surface area contributed by atoms with E-state index in [0.717, 1.165) is 35.5 Å². The zero-order valence-electron chi connectivity index (χ0n) is 24.0. The number of terminal acetylenes is 1. The normalized spacial score (nSPS) is 16.9. The van der Waals surface area contributed by atoms with Crippen LogP contribution in [0.4, 0.5) is 10.1 Å². The molecule has 1 heterocycles. The fourth-order valence-electron chi connectivity index (χ4n) is 5.00. The first kappa shape index (κ1) is 31.7. The third-order valence-electron chi connectivity index (χ3n) is 7.49. The highest BCUT2D eigenvalue weighted by molar-refractivity contribution is 7.92. The molecule has 0 aromatic heterocycles. The van der Waals surface area contributed by atoms with Crippen LogP contribution in [0.1, 0.15) is 50.7 Å². The molecule has 4 N–H and O–H groups in total. The number of nitrogens with one attached hydrogen (secondary N) is 3. The number of aliphatic hydroxyl groups excluding tert-OH is 1. The topological polar surface area (TPSA) is 128 Å². The molecule has 0 radical (unpaired) electrons. The van der Waals surface area contributed by atoms with E-state index in [9.17, 15) is 27.5 Å². The summed E-state index contributed by atoms with van der Waals surface area (Å²) in [6.45, 7) is 0.767. The Labute approximate surface area is 251 Å². The largest absolute Gasteiger partial charge is 0.389 e. The van der Waals surface area contributed by atoms with Gasteiger partial charge < -0.3 is 21.1 Å². The van der Waals surface area contributed by atoms with E-state index in [-0.39, 0.29) is 22.9 Å². The number of carbonyl (C=O) groups is 2. The number of halogens is 1. The molecule has 226 valence electrons. The van der Waals surface area contributed by atoms with Crippen molar-refractivity contribution >= 4 is 27.5 Å². The number of sulfonamides is 1. The second-order valence-electron chi connectivity index (χ2n) is 10.6. The van der Waals surface area contributed by atoms with Gasteiger partial charge in [-0.2, -0.15) is 0 Å². The predicted octanol–water partition coefficient (Wildman–Crippen LogP) is 2.78. The summed E-state index contributed by atoms with van der Waals surface area (Å²) >= 11 is 0. The maximum absolute atomic E-state index is 13.7. The number of hydrogen-bond donors (Lipinski definition) is 4. The van der Waals surface area contributed by atoms with Crippen LogP contribution < -0.4 is 20.3 Å². The summed E-state index contributed by atoms with van der Waals surface area (Å²) in [5.41, 5.74) is 1.46. The summed E-state index contributed by atoms with van der Waals surface area (Å²) in [5, 5.41) is 20.1. The smallest absolute Gasteiger partial charge is 0.252 e. The van der Waals surface area contributed by atoms with Gasteiger partial charge in [0, 0.05) is 24.2 Å². The van der Waals surface area contributed by atoms with Crippen LogP contribution >= 0.6 is 0 Å². The van der Waals surface area contributed by atoms with Gasteiger partial charge in [0.1, 0.15) is 11.9 Å². The summed E-state index contributed by atoms with van der Waals surface area (Å²) in [6, 6.07) is 17.0. The van der Waals surface area contributed by atoms with Gasteiger partial charge in [-0.15, -0.1) is 6.42 Å². The fraction of sp³-hybridized carbons (Fsp3) is 0.312. The molecule has 3 aromatic carbocycles. The lowest BCUT2D eigenvalue weighted by Crippen LogP contribution is -2.52. The molecule has 3 aromatic rings. The van der Waals surface area contributed by atoms with E-state index in [0.29, 0.717) is 12.0 Å². The molecule has 0 saturated carbocycles. The van der Waals surface area contributed by atoms with Crippen LogP contribution in [-0.2, 0) is 16.4 Å². The number of carbonyl (C=O) groups excluding carboxylic acids is 2. The van der Waals surface area contributed by atoms with Gasteiger partial charge in [-0.05, 0) is 67.3 Å². The lowest BCUT2D eigenvalue weighted by Gasteiger charge is -2.29. The standard InChI is InChI=1S/C32H35FN4O5S/c1-4-27(22-12-14-25(33)15-13-22)35-31(39)23-18-24(20-26(19-23)37(2)43(3,41)42)32(40)36-29(17-21-9-6-5-7-10-21)30(38)28-11-8-16-34-28/h1,5-7,9-10,12-15,18-20,27-30,34,38H,8,11,16-17H2,2-3H3,(H,35,39)(H,36,40)/t27-,28?,29+,30-/m1/s1. The zero-order chi connectivity index (χ0) is 31.1. The minimum atomic E-state index is -3.75. The van der Waals surface area contributed by atoms with Crippen LogP contribution in [0.5, 0.6) is 0 Å². The summed E-state index contributed by atoms with van der Waals surface area (Å²) in [5.74, 6) is 0.731. The lowest BCUT2D eigenvalue weighted by molar-refractivity contribution is 0.0738. The number of rotatable bonds is 11. The highest BCUT2D eigenvalue weighted by Gasteiger charge is 2.31. The van der Waals surface area contributed by atoms with Crippen molar-refractivity contribution in [1.82, 2.24) is 16.0 Å². The Kier molecular flexibility index (Phi) is 10.2. The molecule has 1 fully saturated rings. The van der Waals surface area contributed by atoms with Crippen LogP contribution in [0.3, 0.4) is 0 Å². The average Bonchev–Trinajstić information content (AvgIpc) is 3.54. The molecule has 1 unspecified atom stereocenters. The lowest BCUT2D eigenvalue weighted by atomic mass is 9.95. The zero-order valence-corrected chi connectivity index (χ0v) is 24.8. The van der Waals surface area contributed by atoms with E-state index in [1.165, 1.54) is 49.5 Å². The summed E-state index contributed by atoms with van der Waals surface area (Å²) in [6.07, 6.45) is 7.76. The summed E-state index contributed by atoms with van der Waals surface area (Å²) in [4.78, 5) is 27.1. The SMILES string of the molecule is C#C[C@@H](NC(=O)c1cc(C(=O)N[C@@H](Cc2ccccc2)[C@H](O)C2CCCN2)cc(N(C)S(C)(=O)=O)c1)c1ccc(F)cc1. The Morgan fingerprint density at radius 2 is 1.70 bits per heavy atom. The van der Waals surface area contributed by atoms with Gasteiger partial charge in [-0.1, -0.05) is 48.4 Å². The van der Waals surface area contributed by atoms with Crippen molar-refractivity contribution in [2.24, 2.45) is 0 Å². The number of anilines is 1. The highest BCUT2D eigenvalue weighted by atomic mass is 32.2. The molecule has 0 aliphatic carbocycles. The number of benzene rings is 3. The minimum absolute atomic E-state index is 0.0156. The van der Waals surface area contributed by atoms with Gasteiger partial charge in [0.2, 0.25) is 10.0 Å². The van der Waals surface area contributed by atoms with Crippen molar-refractivity contribution < 1.29 is 27.5 Å². The average molecular weight is 607 g/mol. The van der Waals surface area contributed by atoms with E-state index in [1.54, 1.807) is 0 Å². The van der Waals surface area contributed by atoms with E-state index in [4.69, 9.17) is 6.42 Å². The molecule has 11 heteroatoms. The van der Waals surface area contributed by atoms with Gasteiger partial charge >= 0.3 is 0 Å². The van der Waals surface area contributed by atoms with Gasteiger partial charge in [0.25, 0.3) is 11.8 Å². The first-order valence-electron chi connectivity index (χ1n) is 13.8. The Hall–Kier alpha value is -4.24. The molecule has 2 amide bonds. The van der Waals surface area contributed by atoms with Crippen LogP contribution in [-0.4, -0.2) is 63.4 Å². The Bertz CT molecular complexity index is 1590. The van der Waals surface area contributed by atoms with Crippen LogP contribution in [0.2, 0.25) is 0 Å². The fourth-order valence-corrected chi connectivity index (χ4v) is 5.49. The quantitative estimate of drug-likeness (QED) is 0.249. The summed E-state index contributed by atoms with van der Waals surface area (Å²) < 4.78 is 39.1. The second kappa shape index (κ2) is 13.8. The first-order chi connectivity index (χ1) is 20.5. The monoisotopic (exact) mass is 606 g/mol. The van der Waals surface area contributed by atoms with Crippen LogP contribution in [0.15, 0.2) is 72.8 Å². The van der Waals surface area contributed by atoms with Crippen LogP contribution in [0.25, 0.3) is 0 Å². The molecule has 9 nitrogen and oxygen atoms in total. The number of amides is 2. The number of aliphatic hydroxyl groups is 1. The van der Waals surface area contributed by atoms with Gasteiger partial charge in [0.15, 0.2) is 0 Å². The molecule has 1 aliphatic rings. The Morgan fingerprint density at radius 3 is 2.26 bits per heavy atom. The maximum atomic E-state index is 13.7. The number of hydrogen-bond acceptors (Lipinski definition) is 6.